The molecule has 0 atom stereocenters. The zero-order valence-electron chi connectivity index (χ0n) is 12.7. The van der Waals surface area contributed by atoms with Crippen LogP contribution in [0, 0.1) is 6.04 Å². The first-order valence-electron chi connectivity index (χ1n) is 6.33. The third kappa shape index (κ3) is 10.4. The highest BCUT2D eigenvalue weighted by Gasteiger charge is 2.42. The van der Waals surface area contributed by atoms with Crippen molar-refractivity contribution in [1.82, 2.24) is 0 Å². The second-order valence-corrected chi connectivity index (χ2v) is 20.2. The molecule has 103 valence electrons. The zero-order chi connectivity index (χ0) is 13.7. The van der Waals surface area contributed by atoms with Crippen molar-refractivity contribution in [1.29, 1.82) is 0 Å². The van der Waals surface area contributed by atoms with Gasteiger partial charge in [-0.25, -0.2) is 0 Å². The van der Waals surface area contributed by atoms with E-state index in [9.17, 15) is 0 Å². The van der Waals surface area contributed by atoms with E-state index >= 15 is 0 Å². The molecule has 0 aliphatic carbocycles. The van der Waals surface area contributed by atoms with Gasteiger partial charge in [-0.2, -0.15) is 0 Å². The van der Waals surface area contributed by atoms with Crippen LogP contribution < -0.4 is 0 Å². The molecular formula is C10H29O3Si4. The molecule has 7 heteroatoms. The summed E-state index contributed by atoms with van der Waals surface area (Å²) in [7, 11) is -6.22. The Kier molecular flexibility index (Phi) is 7.08. The van der Waals surface area contributed by atoms with E-state index in [-0.39, 0.29) is 0 Å². The Morgan fingerprint density at radius 3 is 1.59 bits per heavy atom. The van der Waals surface area contributed by atoms with Crippen LogP contribution in [0.4, 0.5) is 0 Å². The van der Waals surface area contributed by atoms with Crippen LogP contribution >= 0.6 is 0 Å². The fraction of sp³-hybridized carbons (Fsp3) is 0.900. The van der Waals surface area contributed by atoms with Crippen LogP contribution in [0.25, 0.3) is 0 Å². The van der Waals surface area contributed by atoms with Crippen LogP contribution in [0.1, 0.15) is 13.3 Å². The van der Waals surface area contributed by atoms with Gasteiger partial charge in [0.25, 0.3) is 0 Å². The van der Waals surface area contributed by atoms with Crippen LogP contribution in [0.15, 0.2) is 0 Å². The van der Waals surface area contributed by atoms with Crippen molar-refractivity contribution in [3.05, 3.63) is 6.04 Å². The molecule has 0 bridgehead atoms. The van der Waals surface area contributed by atoms with E-state index in [1.54, 1.807) is 0 Å². The highest BCUT2D eigenvalue weighted by Crippen LogP contribution is 2.21. The smallest absolute Gasteiger partial charge is 0.422 e. The quantitative estimate of drug-likeness (QED) is 0.510. The summed E-state index contributed by atoms with van der Waals surface area (Å²) in [4.78, 5) is 0. The van der Waals surface area contributed by atoms with Crippen molar-refractivity contribution < 1.29 is 12.3 Å². The Bertz CT molecular complexity index is 207. The summed E-state index contributed by atoms with van der Waals surface area (Å²) in [6, 6.07) is 2.26. The predicted octanol–water partition coefficient (Wildman–Crippen LogP) is 2.93. The maximum Gasteiger partial charge on any atom is 0.465 e. The Morgan fingerprint density at radius 1 is 0.882 bits per heavy atom. The molecule has 17 heavy (non-hydrogen) atoms. The first kappa shape index (κ1) is 17.7. The van der Waals surface area contributed by atoms with E-state index in [4.69, 9.17) is 12.3 Å². The lowest BCUT2D eigenvalue weighted by Gasteiger charge is -2.37. The molecule has 0 saturated carbocycles. The molecule has 0 fully saturated rings. The first-order valence-corrected chi connectivity index (χ1v) is 16.8. The zero-order valence-corrected chi connectivity index (χ0v) is 17.1. The van der Waals surface area contributed by atoms with Crippen molar-refractivity contribution in [2.45, 2.75) is 59.2 Å². The lowest BCUT2D eigenvalue weighted by Crippen LogP contribution is -2.55. The minimum Gasteiger partial charge on any atom is -0.422 e. The number of hydrogen-bond donors (Lipinski definition) is 0. The second kappa shape index (κ2) is 6.78. The molecule has 0 amide bonds. The molecular weight excluding hydrogens is 280 g/mol. The lowest BCUT2D eigenvalue weighted by atomic mass is 10.6. The van der Waals surface area contributed by atoms with Gasteiger partial charge in [0.05, 0.1) is 0 Å². The van der Waals surface area contributed by atoms with Gasteiger partial charge in [-0.15, -0.1) is 0 Å². The fourth-order valence-corrected chi connectivity index (χ4v) is 14.4. The summed E-state index contributed by atoms with van der Waals surface area (Å²) >= 11 is 0. The van der Waals surface area contributed by atoms with Crippen LogP contribution in [0.5, 0.6) is 0 Å². The SMILES string of the molecule is CC[CH][SiH2]O[Si](C)(O[Si](C)(C)C)O[Si](C)(C)C. The van der Waals surface area contributed by atoms with Crippen molar-refractivity contribution in [2.75, 3.05) is 0 Å². The van der Waals surface area contributed by atoms with Gasteiger partial charge in [0.15, 0.2) is 26.4 Å². The van der Waals surface area contributed by atoms with Crippen LogP contribution in [0.2, 0.25) is 45.8 Å². The van der Waals surface area contributed by atoms with Gasteiger partial charge >= 0.3 is 8.80 Å². The molecule has 0 unspecified atom stereocenters. The summed E-state index contributed by atoms with van der Waals surface area (Å²) < 4.78 is 18.5. The average molecular weight is 310 g/mol. The lowest BCUT2D eigenvalue weighted by molar-refractivity contribution is 0.273. The Morgan fingerprint density at radius 2 is 1.29 bits per heavy atom. The molecule has 0 spiro atoms. The predicted molar refractivity (Wildman–Crippen MR) is 84.7 cm³/mol. The highest BCUT2D eigenvalue weighted by molar-refractivity contribution is 6.86. The monoisotopic (exact) mass is 309 g/mol. The van der Waals surface area contributed by atoms with Crippen LogP contribution in [0.3, 0.4) is 0 Å². The molecule has 0 rings (SSSR count). The third-order valence-electron chi connectivity index (χ3n) is 1.74. The summed E-state index contributed by atoms with van der Waals surface area (Å²) in [6.07, 6.45) is 1.08. The van der Waals surface area contributed by atoms with Gasteiger partial charge in [-0.3, -0.25) is 0 Å². The normalized spacial score (nSPS) is 14.8. The Balaban J connectivity index is 4.57. The number of rotatable bonds is 8. The van der Waals surface area contributed by atoms with Gasteiger partial charge in [0.1, 0.15) is 0 Å². The van der Waals surface area contributed by atoms with Gasteiger partial charge in [-0.05, 0) is 45.3 Å². The summed E-state index contributed by atoms with van der Waals surface area (Å²) in [6.45, 7) is 17.4. The molecule has 0 heterocycles. The van der Waals surface area contributed by atoms with Gasteiger partial charge < -0.3 is 12.3 Å². The van der Waals surface area contributed by atoms with Crippen molar-refractivity contribution >= 4 is 35.2 Å². The molecule has 0 aliphatic heterocycles. The van der Waals surface area contributed by atoms with Gasteiger partial charge in [0, 0.05) is 6.55 Å². The van der Waals surface area contributed by atoms with Gasteiger partial charge in [-0.1, -0.05) is 13.3 Å². The summed E-state index contributed by atoms with van der Waals surface area (Å²) in [5.41, 5.74) is 0. The molecule has 0 aromatic carbocycles. The molecule has 0 N–H and O–H groups in total. The van der Waals surface area contributed by atoms with E-state index in [2.05, 4.69) is 58.8 Å². The summed E-state index contributed by atoms with van der Waals surface area (Å²) in [5, 5.41) is 0. The minimum atomic E-state index is -2.40. The molecule has 0 aromatic rings. The van der Waals surface area contributed by atoms with Gasteiger partial charge in [0.2, 0.25) is 0 Å². The Labute approximate surface area is 113 Å². The van der Waals surface area contributed by atoms with E-state index in [0.29, 0.717) is 0 Å². The Hall–Kier alpha value is 0.748. The average Bonchev–Trinajstić information content (AvgIpc) is 1.96. The topological polar surface area (TPSA) is 27.7 Å². The third-order valence-corrected chi connectivity index (χ3v) is 13.2. The van der Waals surface area contributed by atoms with Crippen LogP contribution in [-0.4, -0.2) is 35.2 Å². The molecule has 3 nitrogen and oxygen atoms in total. The van der Waals surface area contributed by atoms with E-state index < -0.39 is 35.2 Å². The van der Waals surface area contributed by atoms with E-state index in [0.717, 1.165) is 6.42 Å². The second-order valence-electron chi connectivity index (χ2n) is 6.30. The standard InChI is InChI=1S/C10H29O3Si4/c1-9-10-14-11-17(8,12-15(2,3)4)13-16(5,6)7/h10H,9,14H2,1-8H3. The largest absolute Gasteiger partial charge is 0.465 e. The highest BCUT2D eigenvalue weighted by atomic mass is 28.5. The number of hydrogen-bond acceptors (Lipinski definition) is 3. The maximum atomic E-state index is 6.23. The maximum absolute atomic E-state index is 6.23. The molecule has 0 aromatic heterocycles. The first-order chi connectivity index (χ1) is 7.47. The summed E-state index contributed by atoms with van der Waals surface area (Å²) in [5.74, 6) is 0. The van der Waals surface area contributed by atoms with Crippen LogP contribution in [-0.2, 0) is 12.3 Å². The molecule has 0 aliphatic rings. The van der Waals surface area contributed by atoms with E-state index in [1.165, 1.54) is 0 Å². The van der Waals surface area contributed by atoms with Crippen molar-refractivity contribution in [2.24, 2.45) is 0 Å². The molecule has 0 saturated heterocycles. The minimum absolute atomic E-state index is 0.600. The van der Waals surface area contributed by atoms with Crippen molar-refractivity contribution in [3.8, 4) is 0 Å². The van der Waals surface area contributed by atoms with Crippen molar-refractivity contribution in [3.63, 3.8) is 0 Å². The van der Waals surface area contributed by atoms with E-state index in [1.807, 2.05) is 0 Å². The fourth-order valence-electron chi connectivity index (χ4n) is 1.52. The molecule has 1 radical (unpaired) electrons.